The van der Waals surface area contributed by atoms with Gasteiger partial charge in [0, 0.05) is 12.3 Å². The second-order valence-corrected chi connectivity index (χ2v) is 17.4. The monoisotopic (exact) mass is 631 g/mol. The van der Waals surface area contributed by atoms with Gasteiger partial charge in [0.05, 0.1) is 6.61 Å². The molecule has 238 valence electrons. The number of carbonyl (C=O) groups excluding carboxylic acids is 1. The van der Waals surface area contributed by atoms with Gasteiger partial charge >= 0.3 is 6.18 Å². The lowest BCUT2D eigenvalue weighted by Gasteiger charge is -2.38. The highest BCUT2D eigenvalue weighted by molar-refractivity contribution is 6.90. The molecular weight excluding hydrogens is 591 g/mol. The van der Waals surface area contributed by atoms with Crippen LogP contribution in [-0.2, 0) is 11.0 Å². The van der Waals surface area contributed by atoms with Gasteiger partial charge in [-0.1, -0.05) is 53.7 Å². The highest BCUT2D eigenvalue weighted by atomic mass is 28.3. The first-order chi connectivity index (χ1) is 19.9. The van der Waals surface area contributed by atoms with Crippen molar-refractivity contribution in [1.82, 2.24) is 0 Å². The molecule has 2 rings (SSSR count). The van der Waals surface area contributed by atoms with Crippen LogP contribution in [0, 0.1) is 54.5 Å². The molecule has 1 amide bonds. The van der Waals surface area contributed by atoms with E-state index in [2.05, 4.69) is 53.0 Å². The topological polar surface area (TPSA) is 38.3 Å². The summed E-state index contributed by atoms with van der Waals surface area (Å²) in [6.45, 7) is 16.6. The highest BCUT2D eigenvalue weighted by Crippen LogP contribution is 2.41. The van der Waals surface area contributed by atoms with Crippen LogP contribution < -0.4 is 10.1 Å². The fourth-order valence-electron chi connectivity index (χ4n) is 5.68. The number of anilines is 1. The molecule has 1 unspecified atom stereocenters. The van der Waals surface area contributed by atoms with E-state index in [0.717, 1.165) is 11.1 Å². The first kappa shape index (κ1) is 36.2. The third-order valence-electron chi connectivity index (χ3n) is 7.98. The van der Waals surface area contributed by atoms with Crippen LogP contribution in [0.3, 0.4) is 0 Å². The van der Waals surface area contributed by atoms with E-state index in [4.69, 9.17) is 4.74 Å². The van der Waals surface area contributed by atoms with Crippen molar-refractivity contribution in [3.8, 4) is 17.2 Å². The molecule has 0 saturated carbocycles. The second-order valence-electron chi connectivity index (χ2n) is 11.9. The predicted molar refractivity (Wildman–Crippen MR) is 157 cm³/mol. The molecule has 2 aromatic carbocycles. The van der Waals surface area contributed by atoms with Crippen molar-refractivity contribution in [2.24, 2.45) is 5.92 Å². The van der Waals surface area contributed by atoms with Crippen molar-refractivity contribution in [2.75, 3.05) is 11.9 Å². The number of carbonyl (C=O) groups is 1. The lowest BCUT2D eigenvalue weighted by molar-refractivity contribution is -0.143. The smallest absolute Gasteiger partial charge is 0.422 e. The van der Waals surface area contributed by atoms with Crippen LogP contribution in [0.1, 0.15) is 77.5 Å². The molecule has 2 aromatic rings. The second kappa shape index (κ2) is 14.6. The Labute approximate surface area is 250 Å². The third-order valence-corrected chi connectivity index (χ3v) is 14.3. The third kappa shape index (κ3) is 8.34. The Balaban J connectivity index is 2.40. The lowest BCUT2D eigenvalue weighted by Crippen LogP contribution is -2.43. The summed E-state index contributed by atoms with van der Waals surface area (Å²) >= 11 is 0. The van der Waals surface area contributed by atoms with Gasteiger partial charge in [0.2, 0.25) is 5.91 Å². The van der Waals surface area contributed by atoms with Crippen LogP contribution in [-0.4, -0.2) is 20.6 Å². The maximum atomic E-state index is 14.6. The minimum absolute atomic E-state index is 0.0367. The minimum atomic E-state index is -5.69. The summed E-state index contributed by atoms with van der Waals surface area (Å²) < 4.78 is 102. The molecule has 3 nitrogen and oxygen atoms in total. The van der Waals surface area contributed by atoms with Gasteiger partial charge in [-0.2, -0.15) is 13.2 Å². The highest BCUT2D eigenvalue weighted by Gasteiger charge is 2.43. The molecule has 0 spiro atoms. The number of benzene rings is 2. The zero-order valence-electron chi connectivity index (χ0n) is 25.8. The zero-order chi connectivity index (χ0) is 32.9. The van der Waals surface area contributed by atoms with Gasteiger partial charge in [0.1, 0.15) is 25.1 Å². The van der Waals surface area contributed by atoms with Crippen molar-refractivity contribution in [2.45, 2.75) is 97.5 Å². The van der Waals surface area contributed by atoms with Crippen LogP contribution in [0.25, 0.3) is 0 Å². The minimum Gasteiger partial charge on any atom is -0.493 e. The first-order valence-electron chi connectivity index (χ1n) is 14.3. The summed E-state index contributed by atoms with van der Waals surface area (Å²) in [7, 11) is -2.20. The summed E-state index contributed by atoms with van der Waals surface area (Å²) in [6.07, 6.45) is -5.29. The Morgan fingerprint density at radius 2 is 1.44 bits per heavy atom. The molecule has 0 aliphatic heterocycles. The fourth-order valence-corrected chi connectivity index (χ4v) is 11.0. The van der Waals surface area contributed by atoms with Gasteiger partial charge in [0.15, 0.2) is 23.3 Å². The maximum absolute atomic E-state index is 14.6. The van der Waals surface area contributed by atoms with Crippen LogP contribution in [0.4, 0.5) is 36.4 Å². The van der Waals surface area contributed by atoms with E-state index in [1.54, 1.807) is 5.32 Å². The normalized spacial score (nSPS) is 12.9. The Kier molecular flexibility index (Phi) is 12.3. The van der Waals surface area contributed by atoms with E-state index in [1.165, 1.54) is 0 Å². The van der Waals surface area contributed by atoms with E-state index in [1.807, 2.05) is 32.0 Å². The van der Waals surface area contributed by atoms with Crippen LogP contribution >= 0.6 is 0 Å². The van der Waals surface area contributed by atoms with Gasteiger partial charge in [0.25, 0.3) is 0 Å². The number of rotatable bonds is 11. The fraction of sp³-hybridized carbons (Fsp3) is 0.531. The quantitative estimate of drug-likeness (QED) is 0.0882. The Morgan fingerprint density at radius 1 is 0.907 bits per heavy atom. The average Bonchev–Trinajstić information content (AvgIpc) is 2.89. The number of halogens is 7. The molecule has 0 aliphatic carbocycles. The molecule has 1 N–H and O–H groups in total. The molecular formula is C32H40F7NO2Si. The number of nitrogens with one attached hydrogen (secondary N) is 1. The largest absolute Gasteiger partial charge is 0.493 e. The number of aryl methyl sites for hydroxylation is 2. The molecule has 0 radical (unpaired) electrons. The maximum Gasteiger partial charge on any atom is 0.422 e. The van der Waals surface area contributed by atoms with E-state index in [-0.39, 0.29) is 19.4 Å². The van der Waals surface area contributed by atoms with Crippen molar-refractivity contribution in [1.29, 1.82) is 0 Å². The molecule has 11 heteroatoms. The zero-order valence-corrected chi connectivity index (χ0v) is 26.8. The number of ether oxygens (including phenoxy) is 1. The summed E-state index contributed by atoms with van der Waals surface area (Å²) in [4.78, 5) is 13.2. The van der Waals surface area contributed by atoms with E-state index >= 15 is 0 Å². The van der Waals surface area contributed by atoms with Crippen molar-refractivity contribution in [3.05, 3.63) is 58.2 Å². The van der Waals surface area contributed by atoms with Gasteiger partial charge in [-0.05, 0) is 60.5 Å². The molecule has 0 aromatic heterocycles. The Hall–Kier alpha value is -3.00. The predicted octanol–water partition coefficient (Wildman–Crippen LogP) is 9.90. The summed E-state index contributed by atoms with van der Waals surface area (Å²) in [5, 5.41) is 1.80. The lowest BCUT2D eigenvalue weighted by atomic mass is 9.98. The van der Waals surface area contributed by atoms with Crippen molar-refractivity contribution in [3.63, 3.8) is 0 Å². The number of hydrogen-bond donors (Lipinski definition) is 1. The van der Waals surface area contributed by atoms with Crippen molar-refractivity contribution >= 4 is 19.7 Å². The van der Waals surface area contributed by atoms with Gasteiger partial charge in [-0.25, -0.2) is 17.6 Å². The van der Waals surface area contributed by atoms with Gasteiger partial charge in [-0.15, -0.1) is 11.5 Å². The summed E-state index contributed by atoms with van der Waals surface area (Å²) in [5.41, 5.74) is 1.90. The van der Waals surface area contributed by atoms with Crippen molar-refractivity contribution < 1.29 is 40.3 Å². The number of hydrogen-bond acceptors (Lipinski definition) is 2. The SMILES string of the molecule is Cc1ccc(C)c(OCCCC(CC#C[Si](C(C)C)(C(C)C)C(C)C)C(=O)Nc2c(F)c(F)c(C(F)(F)F)c(F)c2F)c1. The molecule has 0 fully saturated rings. The van der Waals surface area contributed by atoms with E-state index < -0.39 is 60.6 Å². The molecule has 0 aliphatic rings. The standard InChI is InChI=1S/C32H40F7NO2Si/c1-18(2)43(19(3)4,20(5)6)16-10-12-23(11-9-15-42-24-17-21(7)13-14-22(24)8)31(41)40-30-28(35)26(33)25(32(37,38)39)27(34)29(30)36/h13-14,17-20,23H,9,11-12,15H2,1-8H3,(H,40,41). The molecule has 1 atom stereocenters. The number of amides is 1. The Bertz CT molecular complexity index is 1310. The van der Waals surface area contributed by atoms with Gasteiger partial charge < -0.3 is 10.1 Å². The molecule has 0 bridgehead atoms. The van der Waals surface area contributed by atoms with Crippen LogP contribution in [0.2, 0.25) is 16.6 Å². The summed E-state index contributed by atoms with van der Waals surface area (Å²) in [5.74, 6) is -8.20. The number of alkyl halides is 3. The molecule has 0 saturated heterocycles. The van der Waals surface area contributed by atoms with Crippen LogP contribution in [0.5, 0.6) is 5.75 Å². The average molecular weight is 632 g/mol. The van der Waals surface area contributed by atoms with Crippen LogP contribution in [0.15, 0.2) is 18.2 Å². The summed E-state index contributed by atoms with van der Waals surface area (Å²) in [6, 6.07) is 5.69. The van der Waals surface area contributed by atoms with E-state index in [0.29, 0.717) is 28.8 Å². The first-order valence-corrected chi connectivity index (χ1v) is 16.5. The van der Waals surface area contributed by atoms with Gasteiger partial charge in [-0.3, -0.25) is 4.79 Å². The molecule has 43 heavy (non-hydrogen) atoms. The van der Waals surface area contributed by atoms with E-state index in [9.17, 15) is 35.5 Å². The Morgan fingerprint density at radius 3 is 1.93 bits per heavy atom. The molecule has 0 heterocycles.